The van der Waals surface area contributed by atoms with E-state index in [1.165, 1.54) is 0 Å². The van der Waals surface area contributed by atoms with Gasteiger partial charge in [0.15, 0.2) is 0 Å². The molecule has 2 fully saturated rings. The van der Waals surface area contributed by atoms with Crippen LogP contribution in [0.1, 0.15) is 39.5 Å². The number of hydrogen-bond acceptors (Lipinski definition) is 4. The zero-order valence-corrected chi connectivity index (χ0v) is 11.4. The van der Waals surface area contributed by atoms with Crippen molar-refractivity contribution in [2.24, 2.45) is 11.8 Å². The number of ether oxygens (including phenoxy) is 3. The largest absolute Gasteiger partial charge is 0.465 e. The zero-order valence-electron chi connectivity index (χ0n) is 11.4. The molecule has 0 aromatic carbocycles. The zero-order chi connectivity index (χ0) is 13.0. The first kappa shape index (κ1) is 13.8. The molecule has 2 aliphatic rings. The smallest absolute Gasteiger partial charge is 0.311 e. The number of esters is 1. The maximum atomic E-state index is 11.9. The molecule has 2 rings (SSSR count). The van der Waals surface area contributed by atoms with Gasteiger partial charge in [0.1, 0.15) is 0 Å². The Kier molecular flexibility index (Phi) is 5.01. The fraction of sp³-hybridized carbons (Fsp3) is 0.929. The van der Waals surface area contributed by atoms with Crippen molar-refractivity contribution in [1.82, 2.24) is 0 Å². The Morgan fingerprint density at radius 1 is 1.17 bits per heavy atom. The Bertz CT molecular complexity index is 271. The standard InChI is InChI=1S/C14H24O4/c1-10-3-4-13(9-17-10)14(15)18-8-12-5-6-16-11(2)7-12/h10-13H,3-9H2,1-2H3. The first-order chi connectivity index (χ1) is 8.65. The number of hydrogen-bond donors (Lipinski definition) is 0. The van der Waals surface area contributed by atoms with Gasteiger partial charge in [0.2, 0.25) is 0 Å². The first-order valence-corrected chi connectivity index (χ1v) is 7.05. The lowest BCUT2D eigenvalue weighted by Crippen LogP contribution is -2.32. The van der Waals surface area contributed by atoms with Crippen LogP contribution in [-0.4, -0.2) is 38.0 Å². The molecule has 2 aliphatic heterocycles. The summed E-state index contributed by atoms with van der Waals surface area (Å²) in [7, 11) is 0. The van der Waals surface area contributed by atoms with Gasteiger partial charge in [0.05, 0.1) is 31.3 Å². The molecule has 104 valence electrons. The van der Waals surface area contributed by atoms with Crippen LogP contribution < -0.4 is 0 Å². The molecule has 0 radical (unpaired) electrons. The monoisotopic (exact) mass is 256 g/mol. The van der Waals surface area contributed by atoms with Crippen LogP contribution in [-0.2, 0) is 19.0 Å². The molecule has 2 saturated heterocycles. The van der Waals surface area contributed by atoms with E-state index >= 15 is 0 Å². The van der Waals surface area contributed by atoms with E-state index in [0.717, 1.165) is 32.3 Å². The van der Waals surface area contributed by atoms with E-state index in [0.29, 0.717) is 25.2 Å². The molecular weight excluding hydrogens is 232 g/mol. The minimum absolute atomic E-state index is 0.0570. The third-order valence-electron chi connectivity index (χ3n) is 3.89. The Morgan fingerprint density at radius 3 is 2.67 bits per heavy atom. The summed E-state index contributed by atoms with van der Waals surface area (Å²) < 4.78 is 16.4. The molecule has 0 aliphatic carbocycles. The molecule has 4 atom stereocenters. The second-order valence-corrected chi connectivity index (χ2v) is 5.62. The molecule has 4 heteroatoms. The second-order valence-electron chi connectivity index (χ2n) is 5.62. The number of carbonyl (C=O) groups is 1. The van der Waals surface area contributed by atoms with Gasteiger partial charge in [0.25, 0.3) is 0 Å². The van der Waals surface area contributed by atoms with E-state index in [4.69, 9.17) is 14.2 Å². The lowest BCUT2D eigenvalue weighted by atomic mass is 9.96. The van der Waals surface area contributed by atoms with E-state index in [9.17, 15) is 4.79 Å². The van der Waals surface area contributed by atoms with Gasteiger partial charge in [-0.1, -0.05) is 0 Å². The minimum Gasteiger partial charge on any atom is -0.465 e. The van der Waals surface area contributed by atoms with Gasteiger partial charge in [-0.25, -0.2) is 0 Å². The maximum absolute atomic E-state index is 11.9. The molecule has 18 heavy (non-hydrogen) atoms. The Labute approximate surface area is 109 Å². The third-order valence-corrected chi connectivity index (χ3v) is 3.89. The van der Waals surface area contributed by atoms with E-state index in [2.05, 4.69) is 6.92 Å². The second kappa shape index (κ2) is 6.53. The normalized spacial score (nSPS) is 37.2. The van der Waals surface area contributed by atoms with Crippen LogP contribution in [0.4, 0.5) is 0 Å². The van der Waals surface area contributed by atoms with Crippen molar-refractivity contribution >= 4 is 5.97 Å². The fourth-order valence-electron chi connectivity index (χ4n) is 2.63. The molecule has 0 spiro atoms. The highest BCUT2D eigenvalue weighted by atomic mass is 16.5. The van der Waals surface area contributed by atoms with E-state index in [-0.39, 0.29) is 18.0 Å². The fourth-order valence-corrected chi connectivity index (χ4v) is 2.63. The molecule has 4 unspecified atom stereocenters. The van der Waals surface area contributed by atoms with Gasteiger partial charge >= 0.3 is 5.97 Å². The van der Waals surface area contributed by atoms with Gasteiger partial charge in [-0.05, 0) is 45.4 Å². The van der Waals surface area contributed by atoms with Crippen molar-refractivity contribution in [3.05, 3.63) is 0 Å². The SMILES string of the molecule is CC1CCC(C(=O)OCC2CCOC(C)C2)CO1. The Balaban J connectivity index is 1.68. The van der Waals surface area contributed by atoms with Crippen LogP contribution in [0.5, 0.6) is 0 Å². The Hall–Kier alpha value is -0.610. The lowest BCUT2D eigenvalue weighted by Gasteiger charge is -2.28. The van der Waals surface area contributed by atoms with E-state index < -0.39 is 0 Å². The van der Waals surface area contributed by atoms with Gasteiger partial charge in [-0.2, -0.15) is 0 Å². The predicted molar refractivity (Wildman–Crippen MR) is 67.2 cm³/mol. The molecule has 4 nitrogen and oxygen atoms in total. The van der Waals surface area contributed by atoms with E-state index in [1.54, 1.807) is 0 Å². The predicted octanol–water partition coefficient (Wildman–Crippen LogP) is 2.16. The molecule has 0 aromatic rings. The lowest BCUT2D eigenvalue weighted by molar-refractivity contribution is -0.157. The summed E-state index contributed by atoms with van der Waals surface area (Å²) in [6.45, 7) is 5.96. The molecule has 0 bridgehead atoms. The molecule has 2 heterocycles. The summed E-state index contributed by atoms with van der Waals surface area (Å²) in [6, 6.07) is 0. The van der Waals surface area contributed by atoms with Crippen molar-refractivity contribution < 1.29 is 19.0 Å². The van der Waals surface area contributed by atoms with Crippen LogP contribution in [0.25, 0.3) is 0 Å². The van der Waals surface area contributed by atoms with Crippen LogP contribution in [0.2, 0.25) is 0 Å². The van der Waals surface area contributed by atoms with Crippen molar-refractivity contribution in [2.75, 3.05) is 19.8 Å². The van der Waals surface area contributed by atoms with Crippen molar-refractivity contribution in [3.8, 4) is 0 Å². The van der Waals surface area contributed by atoms with Gasteiger partial charge < -0.3 is 14.2 Å². The molecule has 0 aromatic heterocycles. The average molecular weight is 256 g/mol. The van der Waals surface area contributed by atoms with Crippen LogP contribution in [0, 0.1) is 11.8 Å². The van der Waals surface area contributed by atoms with Crippen LogP contribution >= 0.6 is 0 Å². The topological polar surface area (TPSA) is 44.8 Å². The summed E-state index contributed by atoms with van der Waals surface area (Å²) in [5, 5.41) is 0. The van der Waals surface area contributed by atoms with Crippen LogP contribution in [0.3, 0.4) is 0 Å². The highest BCUT2D eigenvalue weighted by Gasteiger charge is 2.27. The summed E-state index contributed by atoms with van der Waals surface area (Å²) >= 11 is 0. The Morgan fingerprint density at radius 2 is 2.00 bits per heavy atom. The average Bonchev–Trinajstić information content (AvgIpc) is 2.37. The summed E-state index contributed by atoms with van der Waals surface area (Å²) in [5.74, 6) is 0.320. The molecule has 0 amide bonds. The molecule has 0 N–H and O–H groups in total. The summed E-state index contributed by atoms with van der Waals surface area (Å²) in [4.78, 5) is 11.9. The quantitative estimate of drug-likeness (QED) is 0.726. The van der Waals surface area contributed by atoms with Crippen molar-refractivity contribution in [2.45, 2.75) is 51.7 Å². The first-order valence-electron chi connectivity index (χ1n) is 7.05. The third kappa shape index (κ3) is 3.95. The summed E-state index contributed by atoms with van der Waals surface area (Å²) in [5.41, 5.74) is 0. The molecule has 0 saturated carbocycles. The van der Waals surface area contributed by atoms with Crippen LogP contribution in [0.15, 0.2) is 0 Å². The van der Waals surface area contributed by atoms with Gasteiger partial charge in [-0.3, -0.25) is 4.79 Å². The highest BCUT2D eigenvalue weighted by Crippen LogP contribution is 2.23. The minimum atomic E-state index is -0.0824. The molecular formula is C14H24O4. The summed E-state index contributed by atoms with van der Waals surface area (Å²) in [6.07, 6.45) is 4.41. The van der Waals surface area contributed by atoms with Crippen molar-refractivity contribution in [1.29, 1.82) is 0 Å². The number of carbonyl (C=O) groups excluding carboxylic acids is 1. The maximum Gasteiger partial charge on any atom is 0.311 e. The van der Waals surface area contributed by atoms with Crippen molar-refractivity contribution in [3.63, 3.8) is 0 Å². The highest BCUT2D eigenvalue weighted by molar-refractivity contribution is 5.72. The van der Waals surface area contributed by atoms with Gasteiger partial charge in [0, 0.05) is 6.61 Å². The number of rotatable bonds is 3. The van der Waals surface area contributed by atoms with Gasteiger partial charge in [-0.15, -0.1) is 0 Å². The van der Waals surface area contributed by atoms with E-state index in [1.807, 2.05) is 6.92 Å².